The smallest absolute Gasteiger partial charge is 0.339 e. The van der Waals surface area contributed by atoms with Crippen molar-refractivity contribution in [1.29, 1.82) is 0 Å². The van der Waals surface area contributed by atoms with Crippen molar-refractivity contribution >= 4 is 29.5 Å². The third-order valence-corrected chi connectivity index (χ3v) is 6.98. The Kier molecular flexibility index (Phi) is 5.90. The first kappa shape index (κ1) is 21.0. The maximum Gasteiger partial charge on any atom is 0.339 e. The third-order valence-electron chi connectivity index (χ3n) is 5.92. The number of hydrogen-bond acceptors (Lipinski definition) is 7. The largest absolute Gasteiger partial charge is 0.465 e. The number of methoxy groups -OCH3 is 1. The molecule has 30 heavy (non-hydrogen) atoms. The van der Waals surface area contributed by atoms with Gasteiger partial charge in [0.2, 0.25) is 5.95 Å². The summed E-state index contributed by atoms with van der Waals surface area (Å²) in [5.74, 6) is 0.458. The van der Waals surface area contributed by atoms with E-state index in [1.165, 1.54) is 38.1 Å². The minimum atomic E-state index is -0.430. The topological polar surface area (TPSA) is 93.1 Å². The number of rotatable bonds is 7. The van der Waals surface area contributed by atoms with Crippen molar-refractivity contribution in [3.63, 3.8) is 0 Å². The molecule has 0 aromatic carbocycles. The van der Waals surface area contributed by atoms with Gasteiger partial charge in [-0.05, 0) is 58.4 Å². The average molecular weight is 432 g/mol. The summed E-state index contributed by atoms with van der Waals surface area (Å²) in [6.07, 6.45) is 5.90. The Hall–Kier alpha value is -2.29. The standard InChI is InChI=1S/C21H29N5O3S/c1-12-16(19(28)29-4)13(2)22-17(12)18(27)14(3)30-21-24-23-20(26(21)15-8-9-15)25-10-6-5-7-11-25/h14-15,22H,5-11H2,1-4H3. The van der Waals surface area contributed by atoms with Gasteiger partial charge in [-0.3, -0.25) is 9.36 Å². The number of thioether (sulfide) groups is 1. The van der Waals surface area contributed by atoms with Crippen molar-refractivity contribution in [2.75, 3.05) is 25.1 Å². The Bertz CT molecular complexity index is 956. The fraction of sp³-hybridized carbons (Fsp3) is 0.619. The number of H-pyrrole nitrogens is 1. The molecule has 1 N–H and O–H groups in total. The summed E-state index contributed by atoms with van der Waals surface area (Å²) < 4.78 is 7.08. The van der Waals surface area contributed by atoms with Crippen LogP contribution < -0.4 is 4.90 Å². The highest BCUT2D eigenvalue weighted by Gasteiger charge is 2.34. The minimum absolute atomic E-state index is 0.0550. The van der Waals surface area contributed by atoms with Crippen LogP contribution >= 0.6 is 11.8 Å². The van der Waals surface area contributed by atoms with Crippen LogP contribution in [-0.2, 0) is 4.74 Å². The molecule has 1 unspecified atom stereocenters. The maximum atomic E-state index is 13.2. The Morgan fingerprint density at radius 2 is 1.87 bits per heavy atom. The van der Waals surface area contributed by atoms with E-state index in [-0.39, 0.29) is 11.0 Å². The zero-order valence-electron chi connectivity index (χ0n) is 18.0. The van der Waals surface area contributed by atoms with Crippen LogP contribution in [-0.4, -0.2) is 57.0 Å². The Labute approximate surface area is 180 Å². The summed E-state index contributed by atoms with van der Waals surface area (Å²) >= 11 is 1.44. The number of carbonyl (C=O) groups is 2. The lowest BCUT2D eigenvalue weighted by Gasteiger charge is -2.28. The number of aromatic nitrogens is 4. The van der Waals surface area contributed by atoms with Crippen molar-refractivity contribution in [2.24, 2.45) is 0 Å². The summed E-state index contributed by atoms with van der Waals surface area (Å²) in [4.78, 5) is 30.6. The summed E-state index contributed by atoms with van der Waals surface area (Å²) in [6.45, 7) is 7.47. The first-order valence-corrected chi connectivity index (χ1v) is 11.5. The van der Waals surface area contributed by atoms with Gasteiger partial charge in [-0.2, -0.15) is 0 Å². The molecule has 9 heteroatoms. The molecular formula is C21H29N5O3S. The van der Waals surface area contributed by atoms with Crippen molar-refractivity contribution in [2.45, 2.75) is 69.3 Å². The van der Waals surface area contributed by atoms with E-state index in [2.05, 4.69) is 24.6 Å². The SMILES string of the molecule is COC(=O)c1c(C)[nH]c(C(=O)C(C)Sc2nnc(N3CCCCC3)n2C2CC2)c1C. The normalized spacial score (nSPS) is 17.8. The van der Waals surface area contributed by atoms with Crippen LogP contribution in [0.5, 0.6) is 0 Å². The number of hydrogen-bond donors (Lipinski definition) is 1. The van der Waals surface area contributed by atoms with Crippen LogP contribution in [0.15, 0.2) is 5.16 Å². The molecule has 0 spiro atoms. The lowest BCUT2D eigenvalue weighted by molar-refractivity contribution is 0.0599. The molecule has 4 rings (SSSR count). The van der Waals surface area contributed by atoms with E-state index in [0.717, 1.165) is 37.0 Å². The molecule has 0 amide bonds. The lowest BCUT2D eigenvalue weighted by Crippen LogP contribution is -2.32. The van der Waals surface area contributed by atoms with Gasteiger partial charge in [0, 0.05) is 24.8 Å². The predicted octanol–water partition coefficient (Wildman–Crippen LogP) is 3.70. The molecule has 2 fully saturated rings. The van der Waals surface area contributed by atoms with Crippen molar-refractivity contribution < 1.29 is 14.3 Å². The molecule has 2 aliphatic rings. The van der Waals surface area contributed by atoms with Crippen LogP contribution in [0.4, 0.5) is 5.95 Å². The van der Waals surface area contributed by atoms with E-state index in [9.17, 15) is 9.59 Å². The van der Waals surface area contributed by atoms with Crippen LogP contribution in [0.1, 0.15) is 77.2 Å². The number of nitrogens with zero attached hydrogens (tertiary/aromatic N) is 4. The van der Waals surface area contributed by atoms with Crippen molar-refractivity contribution in [3.8, 4) is 0 Å². The lowest BCUT2D eigenvalue weighted by atomic mass is 10.1. The molecule has 1 aliphatic carbocycles. The third kappa shape index (κ3) is 3.87. The van der Waals surface area contributed by atoms with E-state index in [1.54, 1.807) is 13.8 Å². The molecule has 0 radical (unpaired) electrons. The highest BCUT2D eigenvalue weighted by molar-refractivity contribution is 8.00. The number of ketones is 1. The van der Waals surface area contributed by atoms with Crippen LogP contribution in [0.3, 0.4) is 0 Å². The van der Waals surface area contributed by atoms with Gasteiger partial charge >= 0.3 is 5.97 Å². The second kappa shape index (κ2) is 8.45. The minimum Gasteiger partial charge on any atom is -0.465 e. The number of nitrogens with one attached hydrogen (secondary N) is 1. The highest BCUT2D eigenvalue weighted by Crippen LogP contribution is 2.42. The number of aryl methyl sites for hydroxylation is 1. The summed E-state index contributed by atoms with van der Waals surface area (Å²) in [7, 11) is 1.35. The quantitative estimate of drug-likeness (QED) is 0.406. The zero-order chi connectivity index (χ0) is 21.4. The first-order valence-electron chi connectivity index (χ1n) is 10.6. The van der Waals surface area contributed by atoms with Gasteiger partial charge in [0.25, 0.3) is 0 Å². The van der Waals surface area contributed by atoms with E-state index in [4.69, 9.17) is 4.74 Å². The Morgan fingerprint density at radius 1 is 1.17 bits per heavy atom. The molecule has 3 heterocycles. The van der Waals surface area contributed by atoms with Gasteiger partial charge in [-0.25, -0.2) is 4.79 Å². The monoisotopic (exact) mass is 431 g/mol. The second-order valence-corrected chi connectivity index (χ2v) is 9.48. The Balaban J connectivity index is 1.56. The number of esters is 1. The molecule has 2 aromatic heterocycles. The van der Waals surface area contributed by atoms with Gasteiger partial charge in [0.1, 0.15) is 0 Å². The Morgan fingerprint density at radius 3 is 2.50 bits per heavy atom. The number of piperidine rings is 1. The second-order valence-electron chi connectivity index (χ2n) is 8.17. The van der Waals surface area contributed by atoms with Gasteiger partial charge in [0.15, 0.2) is 10.9 Å². The fourth-order valence-corrected chi connectivity index (χ4v) is 5.10. The van der Waals surface area contributed by atoms with Crippen LogP contribution in [0, 0.1) is 13.8 Å². The number of ether oxygens (including phenoxy) is 1. The number of anilines is 1. The van der Waals surface area contributed by atoms with Crippen molar-refractivity contribution in [1.82, 2.24) is 19.7 Å². The highest BCUT2D eigenvalue weighted by atomic mass is 32.2. The fourth-order valence-electron chi connectivity index (χ4n) is 4.13. The van der Waals surface area contributed by atoms with E-state index in [1.807, 2.05) is 6.92 Å². The molecule has 1 aliphatic heterocycles. The van der Waals surface area contributed by atoms with E-state index >= 15 is 0 Å². The zero-order valence-corrected chi connectivity index (χ0v) is 18.8. The van der Waals surface area contributed by atoms with E-state index in [0.29, 0.717) is 28.6 Å². The molecule has 1 saturated heterocycles. The van der Waals surface area contributed by atoms with Gasteiger partial charge in [-0.1, -0.05) is 11.8 Å². The molecule has 1 atom stereocenters. The molecule has 0 bridgehead atoms. The van der Waals surface area contributed by atoms with Gasteiger partial charge in [-0.15, -0.1) is 10.2 Å². The van der Waals surface area contributed by atoms with Crippen LogP contribution in [0.2, 0.25) is 0 Å². The molecular weight excluding hydrogens is 402 g/mol. The molecule has 1 saturated carbocycles. The van der Waals surface area contributed by atoms with Crippen LogP contribution in [0.25, 0.3) is 0 Å². The number of aromatic amines is 1. The summed E-state index contributed by atoms with van der Waals surface area (Å²) in [6, 6.07) is 0.433. The van der Waals surface area contributed by atoms with Gasteiger partial charge < -0.3 is 14.6 Å². The number of carbonyl (C=O) groups excluding carboxylic acids is 2. The molecule has 162 valence electrons. The summed E-state index contributed by atoms with van der Waals surface area (Å²) in [5, 5.41) is 9.39. The molecule has 2 aromatic rings. The summed E-state index contributed by atoms with van der Waals surface area (Å²) in [5.41, 5.74) is 2.18. The number of Topliss-reactive ketones (excluding diaryl/α,β-unsaturated/α-hetero) is 1. The predicted molar refractivity (Wildman–Crippen MR) is 116 cm³/mol. The van der Waals surface area contributed by atoms with Crippen molar-refractivity contribution in [3.05, 3.63) is 22.5 Å². The van der Waals surface area contributed by atoms with E-state index < -0.39 is 5.97 Å². The van der Waals surface area contributed by atoms with Gasteiger partial charge in [0.05, 0.1) is 23.6 Å². The maximum absolute atomic E-state index is 13.2. The molecule has 8 nitrogen and oxygen atoms in total. The average Bonchev–Trinajstić information content (AvgIpc) is 3.44. The first-order chi connectivity index (χ1) is 14.4.